The van der Waals surface area contributed by atoms with Gasteiger partial charge in [0.2, 0.25) is 0 Å². The lowest BCUT2D eigenvalue weighted by molar-refractivity contribution is -0.161. The molecule has 2 aliphatic rings. The second-order valence-corrected chi connectivity index (χ2v) is 4.96. The van der Waals surface area contributed by atoms with E-state index >= 15 is 0 Å². The van der Waals surface area contributed by atoms with Gasteiger partial charge in [0.15, 0.2) is 0 Å². The van der Waals surface area contributed by atoms with Crippen molar-refractivity contribution in [2.24, 2.45) is 5.73 Å². The van der Waals surface area contributed by atoms with Crippen LogP contribution in [0.2, 0.25) is 0 Å². The standard InChI is InChI=1S/C14H19NO3/c1-16-10-4-2-9-3-5-13(14(15)12(9)6-10)18-11-7-17-8-11/h2,4,6,11,13-14H,3,5,7-8,15H2,1H3. The van der Waals surface area contributed by atoms with Crippen molar-refractivity contribution < 1.29 is 14.2 Å². The van der Waals surface area contributed by atoms with Crippen LogP contribution in [0.4, 0.5) is 0 Å². The van der Waals surface area contributed by atoms with Gasteiger partial charge >= 0.3 is 0 Å². The average molecular weight is 249 g/mol. The van der Waals surface area contributed by atoms with E-state index in [1.807, 2.05) is 12.1 Å². The molecule has 1 aliphatic heterocycles. The van der Waals surface area contributed by atoms with E-state index in [-0.39, 0.29) is 18.2 Å². The van der Waals surface area contributed by atoms with Crippen LogP contribution >= 0.6 is 0 Å². The Kier molecular flexibility index (Phi) is 3.24. The van der Waals surface area contributed by atoms with Crippen LogP contribution in [-0.4, -0.2) is 32.5 Å². The molecule has 1 aromatic carbocycles. The predicted octanol–water partition coefficient (Wildman–Crippen LogP) is 1.43. The average Bonchev–Trinajstić information content (AvgIpc) is 2.35. The Hall–Kier alpha value is -1.10. The first-order valence-electron chi connectivity index (χ1n) is 6.43. The van der Waals surface area contributed by atoms with Gasteiger partial charge < -0.3 is 19.9 Å². The Bertz CT molecular complexity index is 431. The van der Waals surface area contributed by atoms with E-state index in [0.717, 1.165) is 24.2 Å². The van der Waals surface area contributed by atoms with Crippen LogP contribution in [0.1, 0.15) is 23.6 Å². The number of benzene rings is 1. The molecule has 1 heterocycles. The van der Waals surface area contributed by atoms with Crippen molar-refractivity contribution in [3.8, 4) is 5.75 Å². The molecule has 1 fully saturated rings. The van der Waals surface area contributed by atoms with Gasteiger partial charge in [-0.3, -0.25) is 0 Å². The van der Waals surface area contributed by atoms with Gasteiger partial charge in [0.1, 0.15) is 11.9 Å². The van der Waals surface area contributed by atoms with Crippen molar-refractivity contribution in [3.63, 3.8) is 0 Å². The van der Waals surface area contributed by atoms with Gasteiger partial charge in [0, 0.05) is 0 Å². The number of ether oxygens (including phenoxy) is 3. The van der Waals surface area contributed by atoms with Gasteiger partial charge in [-0.25, -0.2) is 0 Å². The summed E-state index contributed by atoms with van der Waals surface area (Å²) in [5, 5.41) is 0. The number of nitrogens with two attached hydrogens (primary N) is 1. The zero-order chi connectivity index (χ0) is 12.5. The molecule has 4 nitrogen and oxygen atoms in total. The van der Waals surface area contributed by atoms with Crippen LogP contribution in [0.15, 0.2) is 18.2 Å². The van der Waals surface area contributed by atoms with Crippen molar-refractivity contribution in [3.05, 3.63) is 29.3 Å². The number of hydrogen-bond donors (Lipinski definition) is 1. The van der Waals surface area contributed by atoms with Crippen LogP contribution in [0, 0.1) is 0 Å². The molecule has 3 rings (SSSR count). The van der Waals surface area contributed by atoms with Crippen LogP contribution in [0.3, 0.4) is 0 Å². The highest BCUT2D eigenvalue weighted by molar-refractivity contribution is 5.39. The maximum Gasteiger partial charge on any atom is 0.119 e. The maximum atomic E-state index is 6.32. The first-order chi connectivity index (χ1) is 8.78. The maximum absolute atomic E-state index is 6.32. The summed E-state index contributed by atoms with van der Waals surface area (Å²) in [7, 11) is 1.68. The highest BCUT2D eigenvalue weighted by atomic mass is 16.6. The second kappa shape index (κ2) is 4.88. The smallest absolute Gasteiger partial charge is 0.119 e. The molecule has 0 radical (unpaired) electrons. The van der Waals surface area contributed by atoms with Gasteiger partial charge in [0.25, 0.3) is 0 Å². The molecule has 0 saturated carbocycles. The molecule has 0 spiro atoms. The monoisotopic (exact) mass is 249 g/mol. The Labute approximate surface area is 107 Å². The zero-order valence-electron chi connectivity index (χ0n) is 10.6. The van der Waals surface area contributed by atoms with Crippen LogP contribution in [-0.2, 0) is 15.9 Å². The molecule has 0 bridgehead atoms. The normalized spacial score (nSPS) is 27.4. The van der Waals surface area contributed by atoms with Crippen molar-refractivity contribution in [2.75, 3.05) is 20.3 Å². The lowest BCUT2D eigenvalue weighted by Gasteiger charge is -2.36. The number of fused-ring (bicyclic) bond motifs is 1. The quantitative estimate of drug-likeness (QED) is 0.880. The highest BCUT2D eigenvalue weighted by Crippen LogP contribution is 2.33. The van der Waals surface area contributed by atoms with E-state index in [1.165, 1.54) is 5.56 Å². The Morgan fingerprint density at radius 3 is 2.83 bits per heavy atom. The third kappa shape index (κ3) is 2.11. The summed E-state index contributed by atoms with van der Waals surface area (Å²) in [6.45, 7) is 1.41. The summed E-state index contributed by atoms with van der Waals surface area (Å²) in [5.74, 6) is 0.858. The Morgan fingerprint density at radius 1 is 1.33 bits per heavy atom. The summed E-state index contributed by atoms with van der Waals surface area (Å²) in [4.78, 5) is 0. The third-order valence-electron chi connectivity index (χ3n) is 3.79. The van der Waals surface area contributed by atoms with Crippen LogP contribution in [0.25, 0.3) is 0 Å². The summed E-state index contributed by atoms with van der Waals surface area (Å²) in [6, 6.07) is 6.07. The van der Waals surface area contributed by atoms with E-state index in [9.17, 15) is 0 Å². The molecule has 0 aromatic heterocycles. The summed E-state index contributed by atoms with van der Waals surface area (Å²) in [6.07, 6.45) is 2.33. The van der Waals surface area contributed by atoms with E-state index in [1.54, 1.807) is 7.11 Å². The molecule has 0 amide bonds. The molecule has 18 heavy (non-hydrogen) atoms. The largest absolute Gasteiger partial charge is 0.497 e. The third-order valence-corrected chi connectivity index (χ3v) is 3.79. The molecule has 1 aromatic rings. The molecule has 2 unspecified atom stereocenters. The van der Waals surface area contributed by atoms with Gasteiger partial charge in [0.05, 0.1) is 32.5 Å². The van der Waals surface area contributed by atoms with Crippen molar-refractivity contribution in [2.45, 2.75) is 31.1 Å². The van der Waals surface area contributed by atoms with E-state index < -0.39 is 0 Å². The first-order valence-corrected chi connectivity index (χ1v) is 6.43. The first kappa shape index (κ1) is 12.0. The minimum atomic E-state index is -0.0653. The molecule has 1 saturated heterocycles. The van der Waals surface area contributed by atoms with Crippen LogP contribution in [0.5, 0.6) is 5.75 Å². The number of hydrogen-bond acceptors (Lipinski definition) is 4. The van der Waals surface area contributed by atoms with Crippen molar-refractivity contribution in [1.82, 2.24) is 0 Å². The number of rotatable bonds is 3. The lowest BCUT2D eigenvalue weighted by Crippen LogP contribution is -2.43. The number of methoxy groups -OCH3 is 1. The number of aryl methyl sites for hydroxylation is 1. The SMILES string of the molecule is COc1ccc2c(c1)C(N)C(OC1COC1)CC2. The van der Waals surface area contributed by atoms with E-state index in [2.05, 4.69) is 6.07 Å². The van der Waals surface area contributed by atoms with Crippen LogP contribution < -0.4 is 10.5 Å². The molecule has 2 atom stereocenters. The molecule has 98 valence electrons. The van der Waals surface area contributed by atoms with Crippen molar-refractivity contribution >= 4 is 0 Å². The van der Waals surface area contributed by atoms with Gasteiger partial charge in [-0.1, -0.05) is 6.07 Å². The molecular weight excluding hydrogens is 230 g/mol. The summed E-state index contributed by atoms with van der Waals surface area (Å²) in [5.41, 5.74) is 8.79. The summed E-state index contributed by atoms with van der Waals surface area (Å²) < 4.78 is 16.4. The van der Waals surface area contributed by atoms with Gasteiger partial charge in [-0.05, 0) is 36.1 Å². The Morgan fingerprint density at radius 2 is 2.17 bits per heavy atom. The zero-order valence-corrected chi connectivity index (χ0v) is 10.6. The minimum Gasteiger partial charge on any atom is -0.497 e. The molecule has 2 N–H and O–H groups in total. The highest BCUT2D eigenvalue weighted by Gasteiger charge is 2.32. The van der Waals surface area contributed by atoms with Gasteiger partial charge in [-0.2, -0.15) is 0 Å². The fraction of sp³-hybridized carbons (Fsp3) is 0.571. The second-order valence-electron chi connectivity index (χ2n) is 4.96. The fourth-order valence-corrected chi connectivity index (χ4v) is 2.61. The predicted molar refractivity (Wildman–Crippen MR) is 67.7 cm³/mol. The minimum absolute atomic E-state index is 0.0653. The fourth-order valence-electron chi connectivity index (χ4n) is 2.61. The van der Waals surface area contributed by atoms with E-state index in [0.29, 0.717) is 13.2 Å². The summed E-state index contributed by atoms with van der Waals surface area (Å²) >= 11 is 0. The van der Waals surface area contributed by atoms with Gasteiger partial charge in [-0.15, -0.1) is 0 Å². The molecular formula is C14H19NO3. The lowest BCUT2D eigenvalue weighted by atomic mass is 9.85. The molecule has 4 heteroatoms. The molecule has 1 aliphatic carbocycles. The van der Waals surface area contributed by atoms with Crippen molar-refractivity contribution in [1.29, 1.82) is 0 Å². The Balaban J connectivity index is 1.78. The topological polar surface area (TPSA) is 53.7 Å². The van der Waals surface area contributed by atoms with E-state index in [4.69, 9.17) is 19.9 Å².